The lowest BCUT2D eigenvalue weighted by atomic mass is 10.1. The summed E-state index contributed by atoms with van der Waals surface area (Å²) >= 11 is 1.43. The zero-order valence-corrected chi connectivity index (χ0v) is 11.6. The van der Waals surface area contributed by atoms with E-state index >= 15 is 0 Å². The van der Waals surface area contributed by atoms with Crippen molar-refractivity contribution in [1.82, 2.24) is 15.3 Å². The Morgan fingerprint density at radius 2 is 1.82 bits per heavy atom. The molecule has 0 bridgehead atoms. The van der Waals surface area contributed by atoms with Gasteiger partial charge in [0.15, 0.2) is 0 Å². The predicted octanol–water partition coefficient (Wildman–Crippen LogP) is 3.94. The molecule has 22 heavy (non-hydrogen) atoms. The highest BCUT2D eigenvalue weighted by Gasteiger charge is 2.39. The highest BCUT2D eigenvalue weighted by molar-refractivity contribution is 7.99. The van der Waals surface area contributed by atoms with Crippen molar-refractivity contribution in [2.75, 3.05) is 12.3 Å². The molecule has 0 aliphatic carbocycles. The van der Waals surface area contributed by atoms with Crippen LogP contribution in [0.2, 0.25) is 0 Å². The number of imidazole rings is 1. The molecular formula is C12H9F6N3S. The lowest BCUT2D eigenvalue weighted by molar-refractivity contribution is -0.142. The van der Waals surface area contributed by atoms with Gasteiger partial charge in [0.25, 0.3) is 0 Å². The van der Waals surface area contributed by atoms with E-state index in [0.717, 1.165) is 5.75 Å². The normalized spacial score (nSPS) is 20.0. The molecule has 120 valence electrons. The summed E-state index contributed by atoms with van der Waals surface area (Å²) in [6.45, 7) is 0.659. The number of hydrogen-bond donors (Lipinski definition) is 2. The monoisotopic (exact) mass is 341 g/mol. The van der Waals surface area contributed by atoms with E-state index in [2.05, 4.69) is 15.3 Å². The molecule has 3 nitrogen and oxygen atoms in total. The van der Waals surface area contributed by atoms with Gasteiger partial charge in [-0.25, -0.2) is 4.98 Å². The molecule has 10 heteroatoms. The molecule has 2 heterocycles. The molecule has 1 aliphatic heterocycles. The number of thioether (sulfide) groups is 1. The summed E-state index contributed by atoms with van der Waals surface area (Å²) in [6, 6.07) is 0.753. The van der Waals surface area contributed by atoms with Crippen LogP contribution in [0.4, 0.5) is 26.3 Å². The molecule has 1 fully saturated rings. The Balaban J connectivity index is 2.20. The number of hydrogen-bond acceptors (Lipinski definition) is 3. The Morgan fingerprint density at radius 3 is 2.36 bits per heavy atom. The Labute approximate surface area is 124 Å². The number of rotatable bonds is 1. The quantitative estimate of drug-likeness (QED) is 0.772. The molecule has 0 amide bonds. The number of benzene rings is 1. The minimum Gasteiger partial charge on any atom is -0.340 e. The van der Waals surface area contributed by atoms with E-state index in [1.807, 2.05) is 0 Å². The summed E-state index contributed by atoms with van der Waals surface area (Å²) in [5.74, 6) is 0.948. The van der Waals surface area contributed by atoms with Crippen molar-refractivity contribution >= 4 is 22.8 Å². The lowest BCUT2D eigenvalue weighted by Crippen LogP contribution is -2.13. The van der Waals surface area contributed by atoms with E-state index < -0.39 is 29.0 Å². The average molecular weight is 341 g/mol. The first-order chi connectivity index (χ1) is 10.2. The van der Waals surface area contributed by atoms with Gasteiger partial charge < -0.3 is 4.98 Å². The smallest absolute Gasteiger partial charge is 0.340 e. The minimum absolute atomic E-state index is 0.0994. The third kappa shape index (κ3) is 2.76. The van der Waals surface area contributed by atoms with Crippen molar-refractivity contribution in [3.05, 3.63) is 29.1 Å². The number of fused-ring (bicyclic) bond motifs is 1. The van der Waals surface area contributed by atoms with Gasteiger partial charge in [-0.05, 0) is 12.1 Å². The van der Waals surface area contributed by atoms with Crippen molar-refractivity contribution < 1.29 is 26.3 Å². The Bertz CT molecular complexity index is 699. The number of alkyl halides is 6. The van der Waals surface area contributed by atoms with Gasteiger partial charge in [0.05, 0.1) is 16.6 Å². The van der Waals surface area contributed by atoms with Crippen molar-refractivity contribution in [2.24, 2.45) is 0 Å². The van der Waals surface area contributed by atoms with Gasteiger partial charge in [0.2, 0.25) is 0 Å². The maximum absolute atomic E-state index is 13.0. The maximum Gasteiger partial charge on any atom is 0.418 e. The third-order valence-electron chi connectivity index (χ3n) is 3.20. The minimum atomic E-state index is -4.91. The number of nitrogens with zero attached hydrogens (tertiary/aromatic N) is 1. The second-order valence-corrected chi connectivity index (χ2v) is 5.96. The topological polar surface area (TPSA) is 40.7 Å². The summed E-state index contributed by atoms with van der Waals surface area (Å²) < 4.78 is 77.4. The highest BCUT2D eigenvalue weighted by Crippen LogP contribution is 2.40. The summed E-state index contributed by atoms with van der Waals surface area (Å²) in [4.78, 5) is 6.43. The number of aromatic amines is 1. The summed E-state index contributed by atoms with van der Waals surface area (Å²) in [5, 5.41) is 2.66. The van der Waals surface area contributed by atoms with Crippen molar-refractivity contribution in [2.45, 2.75) is 17.7 Å². The molecule has 3 rings (SSSR count). The largest absolute Gasteiger partial charge is 0.418 e. The molecule has 1 saturated heterocycles. The van der Waals surface area contributed by atoms with Crippen molar-refractivity contribution in [3.8, 4) is 0 Å². The van der Waals surface area contributed by atoms with Gasteiger partial charge in [-0.1, -0.05) is 0 Å². The van der Waals surface area contributed by atoms with Crippen LogP contribution in [0.25, 0.3) is 11.0 Å². The van der Waals surface area contributed by atoms with Gasteiger partial charge >= 0.3 is 12.4 Å². The van der Waals surface area contributed by atoms with Crippen LogP contribution in [0.5, 0.6) is 0 Å². The fourth-order valence-electron chi connectivity index (χ4n) is 2.24. The lowest BCUT2D eigenvalue weighted by Gasteiger charge is -2.11. The molecule has 1 atom stereocenters. The van der Waals surface area contributed by atoms with Gasteiger partial charge in [-0.15, -0.1) is 11.8 Å². The fraction of sp³-hybridized carbons (Fsp3) is 0.417. The third-order valence-corrected chi connectivity index (χ3v) is 4.37. The van der Waals surface area contributed by atoms with Crippen molar-refractivity contribution in [3.63, 3.8) is 0 Å². The van der Waals surface area contributed by atoms with E-state index in [4.69, 9.17) is 0 Å². The second-order valence-electron chi connectivity index (χ2n) is 4.74. The van der Waals surface area contributed by atoms with Crippen LogP contribution in [0.1, 0.15) is 22.3 Å². The molecular weight excluding hydrogens is 332 g/mol. The summed E-state index contributed by atoms with van der Waals surface area (Å²) in [6.07, 6.45) is -9.78. The summed E-state index contributed by atoms with van der Waals surface area (Å²) in [5.41, 5.74) is -3.51. The molecule has 0 spiro atoms. The second kappa shape index (κ2) is 5.05. The van der Waals surface area contributed by atoms with Gasteiger partial charge in [0, 0.05) is 12.3 Å². The predicted molar refractivity (Wildman–Crippen MR) is 69.3 cm³/mol. The molecule has 0 unspecified atom stereocenters. The molecule has 1 aliphatic rings. The van der Waals surface area contributed by atoms with Crippen LogP contribution in [0, 0.1) is 0 Å². The van der Waals surface area contributed by atoms with Crippen LogP contribution in [-0.4, -0.2) is 22.3 Å². The fourth-order valence-corrected chi connectivity index (χ4v) is 3.22. The van der Waals surface area contributed by atoms with Crippen LogP contribution in [0.3, 0.4) is 0 Å². The summed E-state index contributed by atoms with van der Waals surface area (Å²) in [7, 11) is 0. The molecule has 2 aromatic rings. The molecule has 0 radical (unpaired) electrons. The van der Waals surface area contributed by atoms with Crippen LogP contribution < -0.4 is 5.32 Å². The first-order valence-electron chi connectivity index (χ1n) is 6.19. The number of halogens is 6. The zero-order chi connectivity index (χ0) is 16.1. The Kier molecular flexibility index (Phi) is 3.55. The molecule has 0 saturated carbocycles. The van der Waals surface area contributed by atoms with E-state index in [9.17, 15) is 26.3 Å². The SMILES string of the molecule is FC(F)(F)c1cc(C(F)(F)F)c2nc([C@H]3NCCS3)[nH]c2c1. The average Bonchev–Trinajstić information content (AvgIpc) is 3.03. The van der Waals surface area contributed by atoms with Gasteiger partial charge in [-0.2, -0.15) is 26.3 Å². The van der Waals surface area contributed by atoms with E-state index in [1.54, 1.807) is 0 Å². The van der Waals surface area contributed by atoms with Crippen molar-refractivity contribution in [1.29, 1.82) is 0 Å². The van der Waals surface area contributed by atoms with Crippen LogP contribution in [-0.2, 0) is 12.4 Å². The van der Waals surface area contributed by atoms with Gasteiger partial charge in [0.1, 0.15) is 16.7 Å². The van der Waals surface area contributed by atoms with Crippen LogP contribution >= 0.6 is 11.8 Å². The molecule has 1 aromatic heterocycles. The standard InChI is InChI=1S/C12H9F6N3S/c13-11(14,15)5-3-6(12(16,17)18)8-7(4-5)20-9(21-8)10-19-1-2-22-10/h3-4,10,19H,1-2H2,(H,20,21)/t10-/m0/s1. The number of aromatic nitrogens is 2. The number of H-pyrrole nitrogens is 1. The zero-order valence-electron chi connectivity index (χ0n) is 10.8. The number of nitrogens with one attached hydrogen (secondary N) is 2. The molecule has 1 aromatic carbocycles. The highest BCUT2D eigenvalue weighted by atomic mass is 32.2. The van der Waals surface area contributed by atoms with E-state index in [0.29, 0.717) is 12.6 Å². The van der Waals surface area contributed by atoms with Crippen LogP contribution in [0.15, 0.2) is 12.1 Å². The Morgan fingerprint density at radius 1 is 1.09 bits per heavy atom. The first kappa shape index (κ1) is 15.5. The first-order valence-corrected chi connectivity index (χ1v) is 7.24. The molecule has 2 N–H and O–H groups in total. The maximum atomic E-state index is 13.0. The Hall–Kier alpha value is -1.42. The van der Waals surface area contributed by atoms with E-state index in [1.165, 1.54) is 11.8 Å². The van der Waals surface area contributed by atoms with E-state index in [-0.39, 0.29) is 22.8 Å². The van der Waals surface area contributed by atoms with Gasteiger partial charge in [-0.3, -0.25) is 5.32 Å².